The second-order valence-corrected chi connectivity index (χ2v) is 5.61. The Morgan fingerprint density at radius 3 is 2.75 bits per heavy atom. The second-order valence-electron chi connectivity index (χ2n) is 5.61. The first kappa shape index (κ1) is 13.0. The molecule has 1 aromatic carbocycles. The average Bonchev–Trinajstić information content (AvgIpc) is 3.04. The minimum atomic E-state index is -0.756. The van der Waals surface area contributed by atoms with E-state index < -0.39 is 5.97 Å². The Morgan fingerprint density at radius 2 is 2.05 bits per heavy atom. The first-order valence-corrected chi connectivity index (χ1v) is 7.01. The van der Waals surface area contributed by atoms with Crippen LogP contribution in [0, 0.1) is 5.92 Å². The van der Waals surface area contributed by atoms with Gasteiger partial charge in [0.15, 0.2) is 0 Å². The van der Waals surface area contributed by atoms with Crippen LogP contribution in [0.1, 0.15) is 24.8 Å². The summed E-state index contributed by atoms with van der Waals surface area (Å²) in [5, 5.41) is 15.2. The third-order valence-electron chi connectivity index (χ3n) is 4.22. The fourth-order valence-corrected chi connectivity index (χ4v) is 3.09. The number of anilines is 1. The number of para-hydroxylation sites is 1. The van der Waals surface area contributed by atoms with E-state index in [-0.39, 0.29) is 23.9 Å². The van der Waals surface area contributed by atoms with Gasteiger partial charge in [0.2, 0.25) is 5.91 Å². The zero-order chi connectivity index (χ0) is 14.1. The predicted molar refractivity (Wildman–Crippen MR) is 74.5 cm³/mol. The van der Waals surface area contributed by atoms with Crippen molar-refractivity contribution >= 4 is 17.6 Å². The number of fused-ring (bicyclic) bond motifs is 1. The molecule has 20 heavy (non-hydrogen) atoms. The first-order valence-electron chi connectivity index (χ1n) is 7.01. The van der Waals surface area contributed by atoms with Crippen LogP contribution in [-0.2, 0) is 16.0 Å². The van der Waals surface area contributed by atoms with Crippen molar-refractivity contribution in [2.75, 3.05) is 5.32 Å². The zero-order valence-electron chi connectivity index (χ0n) is 11.1. The molecule has 2 aliphatic rings. The van der Waals surface area contributed by atoms with Crippen molar-refractivity contribution in [3.05, 3.63) is 29.8 Å². The molecule has 1 aromatic rings. The number of carboxylic acid groups (broad SMARTS) is 1. The monoisotopic (exact) mass is 274 g/mol. The Kier molecular flexibility index (Phi) is 3.34. The van der Waals surface area contributed by atoms with Crippen molar-refractivity contribution in [1.29, 1.82) is 0 Å². The van der Waals surface area contributed by atoms with Gasteiger partial charge in [-0.15, -0.1) is 0 Å². The van der Waals surface area contributed by atoms with E-state index in [1.54, 1.807) is 0 Å². The van der Waals surface area contributed by atoms with Crippen molar-refractivity contribution in [2.24, 2.45) is 5.92 Å². The summed E-state index contributed by atoms with van der Waals surface area (Å²) in [4.78, 5) is 23.1. The number of carbonyl (C=O) groups excluding carboxylic acids is 1. The fraction of sp³-hybridized carbons (Fsp3) is 0.467. The number of carboxylic acids is 1. The Bertz CT molecular complexity index is 519. The molecule has 1 fully saturated rings. The molecule has 0 aromatic heterocycles. The van der Waals surface area contributed by atoms with E-state index in [1.807, 2.05) is 24.3 Å². The van der Waals surface area contributed by atoms with Crippen LogP contribution >= 0.6 is 0 Å². The predicted octanol–water partition coefficient (Wildman–Crippen LogP) is 1.39. The number of hydrogen-bond acceptors (Lipinski definition) is 3. The number of rotatable bonds is 3. The highest BCUT2D eigenvalue weighted by Gasteiger charge is 2.33. The molecule has 1 heterocycles. The van der Waals surface area contributed by atoms with Gasteiger partial charge in [0, 0.05) is 18.2 Å². The zero-order valence-corrected chi connectivity index (χ0v) is 11.1. The van der Waals surface area contributed by atoms with Crippen LogP contribution < -0.4 is 10.6 Å². The Balaban J connectivity index is 1.56. The number of carbonyl (C=O) groups is 2. The number of aliphatic carboxylic acids is 1. The lowest BCUT2D eigenvalue weighted by Gasteiger charge is -2.16. The third-order valence-corrected chi connectivity index (χ3v) is 4.22. The van der Waals surface area contributed by atoms with Gasteiger partial charge in [-0.1, -0.05) is 18.2 Å². The summed E-state index contributed by atoms with van der Waals surface area (Å²) >= 11 is 0. The van der Waals surface area contributed by atoms with E-state index >= 15 is 0 Å². The van der Waals surface area contributed by atoms with Crippen LogP contribution in [0.2, 0.25) is 0 Å². The van der Waals surface area contributed by atoms with E-state index in [2.05, 4.69) is 10.6 Å². The molecule has 0 saturated heterocycles. The van der Waals surface area contributed by atoms with Crippen LogP contribution in [0.3, 0.4) is 0 Å². The molecule has 1 amide bonds. The lowest BCUT2D eigenvalue weighted by molar-refractivity contribution is -0.141. The molecule has 3 N–H and O–H groups in total. The van der Waals surface area contributed by atoms with E-state index in [4.69, 9.17) is 5.11 Å². The van der Waals surface area contributed by atoms with E-state index in [1.165, 1.54) is 0 Å². The third kappa shape index (κ3) is 2.48. The smallest absolute Gasteiger partial charge is 0.306 e. The van der Waals surface area contributed by atoms with E-state index in [9.17, 15) is 9.59 Å². The number of hydrogen-bond donors (Lipinski definition) is 3. The summed E-state index contributed by atoms with van der Waals surface area (Å²) in [6, 6.07) is 7.66. The quantitative estimate of drug-likeness (QED) is 0.778. The number of amides is 1. The lowest BCUT2D eigenvalue weighted by atomic mass is 10.1. The minimum absolute atomic E-state index is 0.00545. The lowest BCUT2D eigenvalue weighted by Crippen LogP contribution is -2.43. The van der Waals surface area contributed by atoms with Gasteiger partial charge in [-0.2, -0.15) is 0 Å². The van der Waals surface area contributed by atoms with Gasteiger partial charge in [0.25, 0.3) is 0 Å². The van der Waals surface area contributed by atoms with Crippen LogP contribution in [0.4, 0.5) is 5.69 Å². The number of nitrogens with one attached hydrogen (secondary N) is 2. The summed E-state index contributed by atoms with van der Waals surface area (Å²) in [7, 11) is 0. The Hall–Kier alpha value is -2.04. The Morgan fingerprint density at radius 1 is 1.25 bits per heavy atom. The molecule has 3 atom stereocenters. The molecule has 5 nitrogen and oxygen atoms in total. The van der Waals surface area contributed by atoms with Gasteiger partial charge in [0.1, 0.15) is 6.04 Å². The Labute approximate surface area is 117 Å². The SMILES string of the molecule is O=C(N[C@H]1CC[C@@H](C(=O)O)C1)C1Cc2ccccc2N1. The van der Waals surface area contributed by atoms with Crippen molar-refractivity contribution in [3.63, 3.8) is 0 Å². The normalized spacial score (nSPS) is 27.7. The molecule has 1 aliphatic heterocycles. The molecular formula is C15H18N2O3. The van der Waals surface area contributed by atoms with Gasteiger partial charge in [-0.25, -0.2) is 0 Å². The molecule has 0 radical (unpaired) electrons. The second kappa shape index (κ2) is 5.15. The molecule has 5 heteroatoms. The summed E-state index contributed by atoms with van der Waals surface area (Å²) in [6.07, 6.45) is 2.64. The van der Waals surface area contributed by atoms with Crippen LogP contribution in [-0.4, -0.2) is 29.1 Å². The molecule has 3 rings (SSSR count). The molecular weight excluding hydrogens is 256 g/mol. The van der Waals surface area contributed by atoms with Crippen LogP contribution in [0.5, 0.6) is 0 Å². The van der Waals surface area contributed by atoms with Crippen molar-refractivity contribution in [1.82, 2.24) is 5.32 Å². The average molecular weight is 274 g/mol. The molecule has 1 unspecified atom stereocenters. The van der Waals surface area contributed by atoms with Crippen molar-refractivity contribution in [3.8, 4) is 0 Å². The maximum absolute atomic E-state index is 12.2. The minimum Gasteiger partial charge on any atom is -0.481 e. The van der Waals surface area contributed by atoms with Gasteiger partial charge < -0.3 is 15.7 Å². The van der Waals surface area contributed by atoms with Crippen molar-refractivity contribution < 1.29 is 14.7 Å². The van der Waals surface area contributed by atoms with Gasteiger partial charge in [-0.05, 0) is 30.9 Å². The summed E-state index contributed by atoms with van der Waals surface area (Å²) in [5.41, 5.74) is 2.17. The van der Waals surface area contributed by atoms with Crippen LogP contribution in [0.25, 0.3) is 0 Å². The van der Waals surface area contributed by atoms with Gasteiger partial charge >= 0.3 is 5.97 Å². The highest BCUT2D eigenvalue weighted by molar-refractivity contribution is 5.87. The van der Waals surface area contributed by atoms with E-state index in [0.29, 0.717) is 19.3 Å². The van der Waals surface area contributed by atoms with Gasteiger partial charge in [0.05, 0.1) is 5.92 Å². The van der Waals surface area contributed by atoms with E-state index in [0.717, 1.165) is 17.7 Å². The largest absolute Gasteiger partial charge is 0.481 e. The number of benzene rings is 1. The highest BCUT2D eigenvalue weighted by Crippen LogP contribution is 2.28. The topological polar surface area (TPSA) is 78.4 Å². The summed E-state index contributed by atoms with van der Waals surface area (Å²) < 4.78 is 0. The summed E-state index contributed by atoms with van der Waals surface area (Å²) in [6.45, 7) is 0. The maximum atomic E-state index is 12.2. The molecule has 0 spiro atoms. The first-order chi connectivity index (χ1) is 9.63. The fourth-order valence-electron chi connectivity index (χ4n) is 3.09. The maximum Gasteiger partial charge on any atom is 0.306 e. The van der Waals surface area contributed by atoms with Gasteiger partial charge in [-0.3, -0.25) is 9.59 Å². The highest BCUT2D eigenvalue weighted by atomic mass is 16.4. The summed E-state index contributed by atoms with van der Waals surface area (Å²) in [5.74, 6) is -1.10. The molecule has 0 bridgehead atoms. The van der Waals surface area contributed by atoms with Crippen LogP contribution in [0.15, 0.2) is 24.3 Å². The standard InChI is InChI=1S/C15H18N2O3/c18-14(16-11-6-5-10(7-11)15(19)20)13-8-9-3-1-2-4-12(9)17-13/h1-4,10-11,13,17H,5-8H2,(H,16,18)(H,19,20)/t10-,11+,13?/m1/s1. The van der Waals surface area contributed by atoms with Crippen molar-refractivity contribution in [2.45, 2.75) is 37.8 Å². The molecule has 1 aliphatic carbocycles. The molecule has 1 saturated carbocycles. The molecule has 106 valence electrons.